The molecule has 33 heavy (non-hydrogen) atoms. The molecule has 6 heteroatoms. The number of methoxy groups -OCH3 is 1. The summed E-state index contributed by atoms with van der Waals surface area (Å²) in [6.45, 7) is 2.61. The third kappa shape index (κ3) is 4.32. The van der Waals surface area contributed by atoms with Gasteiger partial charge in [-0.3, -0.25) is 14.5 Å². The van der Waals surface area contributed by atoms with E-state index in [0.717, 1.165) is 6.42 Å². The fourth-order valence-corrected chi connectivity index (χ4v) is 3.87. The summed E-state index contributed by atoms with van der Waals surface area (Å²) in [5.41, 5.74) is 1.73. The number of para-hydroxylation sites is 1. The van der Waals surface area contributed by atoms with Crippen molar-refractivity contribution in [3.8, 4) is 11.5 Å². The Kier molecular flexibility index (Phi) is 6.45. The number of aliphatic hydroxyl groups excluding tert-OH is 1. The van der Waals surface area contributed by atoms with Crippen LogP contribution in [0.5, 0.6) is 11.5 Å². The first-order chi connectivity index (χ1) is 16.0. The lowest BCUT2D eigenvalue weighted by molar-refractivity contribution is -0.132. The largest absolute Gasteiger partial charge is 0.507 e. The third-order valence-corrected chi connectivity index (χ3v) is 5.51. The molecule has 3 aromatic rings. The minimum absolute atomic E-state index is 0.0382. The quantitative estimate of drug-likeness (QED) is 0.312. The van der Waals surface area contributed by atoms with E-state index in [4.69, 9.17) is 9.47 Å². The monoisotopic (exact) mass is 443 g/mol. The molecule has 6 nitrogen and oxygen atoms in total. The lowest BCUT2D eigenvalue weighted by atomic mass is 9.95. The van der Waals surface area contributed by atoms with Crippen molar-refractivity contribution in [3.63, 3.8) is 0 Å². The number of amides is 1. The number of ether oxygens (including phenoxy) is 2. The predicted octanol–water partition coefficient (Wildman–Crippen LogP) is 5.11. The van der Waals surface area contributed by atoms with Crippen molar-refractivity contribution in [3.05, 3.63) is 95.6 Å². The second-order valence-corrected chi connectivity index (χ2v) is 7.65. The molecular weight excluding hydrogens is 418 g/mol. The van der Waals surface area contributed by atoms with Gasteiger partial charge in [0.2, 0.25) is 0 Å². The number of carbonyl (C=O) groups is 2. The van der Waals surface area contributed by atoms with Crippen molar-refractivity contribution in [1.82, 2.24) is 0 Å². The fraction of sp³-hybridized carbons (Fsp3) is 0.185. The second kappa shape index (κ2) is 9.61. The Morgan fingerprint density at radius 1 is 0.909 bits per heavy atom. The highest BCUT2D eigenvalue weighted by Crippen LogP contribution is 2.42. The number of Topliss-reactive ketones (excluding diaryl/α,β-unsaturated/α-hetero) is 1. The van der Waals surface area contributed by atoms with Gasteiger partial charge >= 0.3 is 0 Å². The first-order valence-corrected chi connectivity index (χ1v) is 10.8. The van der Waals surface area contributed by atoms with Crippen LogP contribution in [0.3, 0.4) is 0 Å². The van der Waals surface area contributed by atoms with Gasteiger partial charge in [0.1, 0.15) is 17.3 Å². The van der Waals surface area contributed by atoms with E-state index in [2.05, 4.69) is 0 Å². The van der Waals surface area contributed by atoms with Crippen LogP contribution in [0, 0.1) is 0 Å². The zero-order chi connectivity index (χ0) is 23.4. The number of carbonyl (C=O) groups excluding carboxylic acids is 2. The van der Waals surface area contributed by atoms with E-state index in [-0.39, 0.29) is 11.3 Å². The van der Waals surface area contributed by atoms with Crippen LogP contribution >= 0.6 is 0 Å². The molecule has 1 aliphatic rings. The lowest BCUT2D eigenvalue weighted by Gasteiger charge is -2.25. The van der Waals surface area contributed by atoms with E-state index < -0.39 is 17.7 Å². The molecule has 1 N–H and O–H groups in total. The standard InChI is InChI=1S/C27H25NO5/c1-3-17-33-22-15-11-19(12-16-22)25(29)23-24(18-9-13-21(32-2)14-10-18)28(27(31)26(23)30)20-7-5-4-6-8-20/h4-16,24,29H,3,17H2,1-2H3/b25-23-. The topological polar surface area (TPSA) is 76.1 Å². The number of hydrogen-bond donors (Lipinski definition) is 1. The van der Waals surface area contributed by atoms with E-state index in [1.54, 1.807) is 79.9 Å². The van der Waals surface area contributed by atoms with Gasteiger partial charge in [0, 0.05) is 11.3 Å². The Hall–Kier alpha value is -4.06. The lowest BCUT2D eigenvalue weighted by Crippen LogP contribution is -2.29. The molecule has 0 saturated carbocycles. The summed E-state index contributed by atoms with van der Waals surface area (Å²) < 4.78 is 10.8. The van der Waals surface area contributed by atoms with Gasteiger partial charge in [0.25, 0.3) is 11.7 Å². The first kappa shape index (κ1) is 22.1. The molecule has 3 aromatic carbocycles. The van der Waals surface area contributed by atoms with Gasteiger partial charge in [-0.1, -0.05) is 37.3 Å². The molecule has 1 atom stereocenters. The van der Waals surface area contributed by atoms with E-state index in [1.807, 2.05) is 13.0 Å². The Morgan fingerprint density at radius 2 is 1.55 bits per heavy atom. The average Bonchev–Trinajstić information content (AvgIpc) is 3.13. The van der Waals surface area contributed by atoms with Gasteiger partial charge in [-0.05, 0) is 60.5 Å². The molecule has 0 radical (unpaired) electrons. The average molecular weight is 443 g/mol. The molecule has 1 unspecified atom stereocenters. The van der Waals surface area contributed by atoms with Gasteiger partial charge in [0.05, 0.1) is 25.3 Å². The molecule has 168 valence electrons. The zero-order valence-corrected chi connectivity index (χ0v) is 18.5. The number of benzene rings is 3. The van der Waals surface area contributed by atoms with Crippen molar-refractivity contribution < 1.29 is 24.2 Å². The number of rotatable bonds is 7. The minimum Gasteiger partial charge on any atom is -0.507 e. The Balaban J connectivity index is 1.83. The molecule has 1 amide bonds. The second-order valence-electron chi connectivity index (χ2n) is 7.65. The highest BCUT2D eigenvalue weighted by molar-refractivity contribution is 6.51. The highest BCUT2D eigenvalue weighted by atomic mass is 16.5. The molecule has 0 bridgehead atoms. The van der Waals surface area contributed by atoms with Crippen LogP contribution in [0.2, 0.25) is 0 Å². The van der Waals surface area contributed by atoms with Gasteiger partial charge in [-0.15, -0.1) is 0 Å². The summed E-state index contributed by atoms with van der Waals surface area (Å²) in [6, 6.07) is 22.1. The van der Waals surface area contributed by atoms with E-state index in [0.29, 0.717) is 34.9 Å². The van der Waals surface area contributed by atoms with Crippen LogP contribution in [-0.2, 0) is 9.59 Å². The summed E-state index contributed by atoms with van der Waals surface area (Å²) in [4.78, 5) is 27.7. The van der Waals surface area contributed by atoms with E-state index >= 15 is 0 Å². The summed E-state index contributed by atoms with van der Waals surface area (Å²) in [5.74, 6) is -0.326. The number of nitrogens with zero attached hydrogens (tertiary/aromatic N) is 1. The minimum atomic E-state index is -0.783. The van der Waals surface area contributed by atoms with Crippen molar-refractivity contribution >= 4 is 23.1 Å². The molecule has 1 heterocycles. The maximum absolute atomic E-state index is 13.2. The number of hydrogen-bond acceptors (Lipinski definition) is 5. The predicted molar refractivity (Wildman–Crippen MR) is 126 cm³/mol. The summed E-state index contributed by atoms with van der Waals surface area (Å²) >= 11 is 0. The molecule has 1 aliphatic heterocycles. The van der Waals surface area contributed by atoms with Crippen molar-refractivity contribution in [2.45, 2.75) is 19.4 Å². The molecule has 0 aromatic heterocycles. The highest BCUT2D eigenvalue weighted by Gasteiger charge is 2.46. The summed E-state index contributed by atoms with van der Waals surface area (Å²) in [7, 11) is 1.57. The molecule has 0 aliphatic carbocycles. The SMILES string of the molecule is CCCOc1ccc(/C(O)=C2/C(=O)C(=O)N(c3ccccc3)C2c2ccc(OC)cc2)cc1. The Morgan fingerprint density at radius 3 is 2.15 bits per heavy atom. The van der Waals surface area contributed by atoms with E-state index in [9.17, 15) is 14.7 Å². The maximum atomic E-state index is 13.2. The van der Waals surface area contributed by atoms with Crippen molar-refractivity contribution in [2.75, 3.05) is 18.6 Å². The van der Waals surface area contributed by atoms with Crippen LogP contribution < -0.4 is 14.4 Å². The van der Waals surface area contributed by atoms with E-state index in [1.165, 1.54) is 4.90 Å². The van der Waals surface area contributed by atoms with Crippen LogP contribution in [0.1, 0.15) is 30.5 Å². The summed E-state index contributed by atoms with van der Waals surface area (Å²) in [6.07, 6.45) is 0.881. The molecule has 1 fully saturated rings. The van der Waals surface area contributed by atoms with Crippen LogP contribution in [-0.4, -0.2) is 30.5 Å². The van der Waals surface area contributed by atoms with Crippen LogP contribution in [0.4, 0.5) is 5.69 Å². The zero-order valence-electron chi connectivity index (χ0n) is 18.5. The number of anilines is 1. The molecule has 1 saturated heterocycles. The Bertz CT molecular complexity index is 1170. The van der Waals surface area contributed by atoms with Crippen molar-refractivity contribution in [2.24, 2.45) is 0 Å². The first-order valence-electron chi connectivity index (χ1n) is 10.8. The number of ketones is 1. The third-order valence-electron chi connectivity index (χ3n) is 5.51. The van der Waals surface area contributed by atoms with Crippen molar-refractivity contribution in [1.29, 1.82) is 0 Å². The molecular formula is C27H25NO5. The molecule has 4 rings (SSSR count). The number of aliphatic hydroxyl groups is 1. The normalized spacial score (nSPS) is 17.3. The van der Waals surface area contributed by atoms with Gasteiger partial charge in [-0.2, -0.15) is 0 Å². The van der Waals surface area contributed by atoms with Crippen LogP contribution in [0.25, 0.3) is 5.76 Å². The van der Waals surface area contributed by atoms with Gasteiger partial charge in [-0.25, -0.2) is 0 Å². The smallest absolute Gasteiger partial charge is 0.300 e. The summed E-state index contributed by atoms with van der Waals surface area (Å²) in [5, 5.41) is 11.2. The van der Waals surface area contributed by atoms with Crippen LogP contribution in [0.15, 0.2) is 84.4 Å². The van der Waals surface area contributed by atoms with Gasteiger partial charge < -0.3 is 14.6 Å². The fourth-order valence-electron chi connectivity index (χ4n) is 3.87. The maximum Gasteiger partial charge on any atom is 0.300 e. The van der Waals surface area contributed by atoms with Gasteiger partial charge in [0.15, 0.2) is 0 Å². The Labute approximate surface area is 192 Å². The molecule has 0 spiro atoms.